The predicted octanol–water partition coefficient (Wildman–Crippen LogP) is 1.05. The highest BCUT2D eigenvalue weighted by Crippen LogP contribution is 2.17. The van der Waals surface area contributed by atoms with Gasteiger partial charge in [0.05, 0.1) is 17.6 Å². The van der Waals surface area contributed by atoms with Crippen LogP contribution in [0.1, 0.15) is 27.6 Å². The van der Waals surface area contributed by atoms with Crippen molar-refractivity contribution in [1.82, 2.24) is 35.1 Å². The topological polar surface area (TPSA) is 90.5 Å². The highest BCUT2D eigenvalue weighted by atomic mass is 32.1. The molecule has 120 valence electrons. The molecule has 23 heavy (non-hydrogen) atoms. The fourth-order valence-electron chi connectivity index (χ4n) is 2.18. The van der Waals surface area contributed by atoms with Gasteiger partial charge in [-0.1, -0.05) is 5.21 Å². The third-order valence-corrected chi connectivity index (χ3v) is 4.10. The average Bonchev–Trinajstić information content (AvgIpc) is 3.19. The van der Waals surface area contributed by atoms with Gasteiger partial charge in [0.1, 0.15) is 0 Å². The number of nitrogens with zero attached hydrogens (tertiary/aromatic N) is 6. The van der Waals surface area contributed by atoms with Gasteiger partial charge in [0.25, 0.3) is 5.91 Å². The second-order valence-electron chi connectivity index (χ2n) is 5.24. The highest BCUT2D eigenvalue weighted by Gasteiger charge is 2.11. The number of thiazole rings is 1. The first-order valence-electron chi connectivity index (χ1n) is 7.15. The van der Waals surface area contributed by atoms with Gasteiger partial charge in [0.15, 0.2) is 5.69 Å². The molecule has 0 aromatic carbocycles. The molecular formula is C14H17N7OS. The molecule has 0 bridgehead atoms. The molecule has 3 aromatic heterocycles. The molecule has 0 fully saturated rings. The summed E-state index contributed by atoms with van der Waals surface area (Å²) in [6, 6.07) is 2.02. The molecule has 3 aromatic rings. The van der Waals surface area contributed by atoms with E-state index in [1.807, 2.05) is 30.0 Å². The smallest absolute Gasteiger partial charge is 0.273 e. The van der Waals surface area contributed by atoms with E-state index >= 15 is 0 Å². The number of aryl methyl sites for hydroxylation is 3. The number of amides is 1. The lowest BCUT2D eigenvalue weighted by molar-refractivity contribution is 0.0949. The highest BCUT2D eigenvalue weighted by molar-refractivity contribution is 7.12. The minimum absolute atomic E-state index is 0.230. The van der Waals surface area contributed by atoms with Gasteiger partial charge >= 0.3 is 0 Å². The lowest BCUT2D eigenvalue weighted by atomic mass is 10.3. The van der Waals surface area contributed by atoms with E-state index in [1.54, 1.807) is 13.2 Å². The van der Waals surface area contributed by atoms with Crippen molar-refractivity contribution < 1.29 is 4.79 Å². The van der Waals surface area contributed by atoms with Crippen molar-refractivity contribution in [1.29, 1.82) is 0 Å². The van der Waals surface area contributed by atoms with Crippen LogP contribution in [-0.4, -0.2) is 42.2 Å². The average molecular weight is 331 g/mol. The Morgan fingerprint density at radius 2 is 2.22 bits per heavy atom. The standard InChI is InChI=1S/C14H17N7OS/c1-9-6-10(2)21(18-9)14-16-11(8-23-14)4-5-15-13(22)12-7-20(3)19-17-12/h6-8H,4-5H2,1-3H3,(H,15,22). The molecule has 0 saturated carbocycles. The van der Waals surface area contributed by atoms with Crippen molar-refractivity contribution in [3.05, 3.63) is 40.4 Å². The number of rotatable bonds is 5. The summed E-state index contributed by atoms with van der Waals surface area (Å²) in [4.78, 5) is 16.4. The zero-order valence-electron chi connectivity index (χ0n) is 13.1. The molecule has 0 aliphatic carbocycles. The molecule has 0 radical (unpaired) electrons. The molecule has 3 heterocycles. The Morgan fingerprint density at radius 3 is 2.87 bits per heavy atom. The Balaban J connectivity index is 1.57. The molecule has 8 nitrogen and oxygen atoms in total. The summed E-state index contributed by atoms with van der Waals surface area (Å²) < 4.78 is 3.33. The number of hydrogen-bond acceptors (Lipinski definition) is 6. The number of carbonyl (C=O) groups excluding carboxylic acids is 1. The molecule has 0 aliphatic heterocycles. The molecule has 9 heteroatoms. The normalized spacial score (nSPS) is 10.9. The molecule has 0 spiro atoms. The maximum Gasteiger partial charge on any atom is 0.273 e. The van der Waals surface area contributed by atoms with Crippen LogP contribution in [-0.2, 0) is 13.5 Å². The van der Waals surface area contributed by atoms with E-state index in [2.05, 4.69) is 25.7 Å². The largest absolute Gasteiger partial charge is 0.350 e. The van der Waals surface area contributed by atoms with Gasteiger partial charge < -0.3 is 5.32 Å². The van der Waals surface area contributed by atoms with Gasteiger partial charge in [-0.25, -0.2) is 9.67 Å². The van der Waals surface area contributed by atoms with Crippen molar-refractivity contribution in [2.24, 2.45) is 7.05 Å². The van der Waals surface area contributed by atoms with Crippen LogP contribution in [0, 0.1) is 13.8 Å². The molecule has 0 saturated heterocycles. The Morgan fingerprint density at radius 1 is 1.39 bits per heavy atom. The van der Waals surface area contributed by atoms with Crippen LogP contribution in [0.4, 0.5) is 0 Å². The van der Waals surface area contributed by atoms with Crippen molar-refractivity contribution in [3.63, 3.8) is 0 Å². The number of hydrogen-bond donors (Lipinski definition) is 1. The second kappa shape index (κ2) is 6.29. The van der Waals surface area contributed by atoms with E-state index in [0.29, 0.717) is 18.7 Å². The third kappa shape index (κ3) is 3.45. The molecule has 0 aliphatic rings. The van der Waals surface area contributed by atoms with E-state index < -0.39 is 0 Å². The molecule has 1 N–H and O–H groups in total. The molecule has 0 unspecified atom stereocenters. The quantitative estimate of drug-likeness (QED) is 0.754. The summed E-state index contributed by atoms with van der Waals surface area (Å²) in [5.41, 5.74) is 3.26. The van der Waals surface area contributed by atoms with Crippen LogP contribution in [0.3, 0.4) is 0 Å². The van der Waals surface area contributed by atoms with Crippen LogP contribution in [0.15, 0.2) is 17.6 Å². The minimum atomic E-state index is -0.230. The number of nitrogens with one attached hydrogen (secondary N) is 1. The Hall–Kier alpha value is -2.55. The summed E-state index contributed by atoms with van der Waals surface area (Å²) in [7, 11) is 1.72. The minimum Gasteiger partial charge on any atom is -0.350 e. The predicted molar refractivity (Wildman–Crippen MR) is 85.8 cm³/mol. The summed E-state index contributed by atoms with van der Waals surface area (Å²) in [6.45, 7) is 4.46. The van der Waals surface area contributed by atoms with E-state index in [1.165, 1.54) is 16.0 Å². The van der Waals surface area contributed by atoms with Gasteiger partial charge in [0, 0.05) is 31.1 Å². The Kier molecular flexibility index (Phi) is 4.20. The Labute approximate surface area is 137 Å². The van der Waals surface area contributed by atoms with Crippen LogP contribution in [0.2, 0.25) is 0 Å². The lowest BCUT2D eigenvalue weighted by Crippen LogP contribution is -2.26. The lowest BCUT2D eigenvalue weighted by Gasteiger charge is -2.01. The molecule has 1 amide bonds. The monoisotopic (exact) mass is 331 g/mol. The maximum absolute atomic E-state index is 11.9. The first kappa shape index (κ1) is 15.3. The Bertz CT molecular complexity index is 832. The van der Waals surface area contributed by atoms with Crippen LogP contribution >= 0.6 is 11.3 Å². The molecular weight excluding hydrogens is 314 g/mol. The van der Waals surface area contributed by atoms with Gasteiger partial charge in [-0.3, -0.25) is 9.48 Å². The SMILES string of the molecule is Cc1cc(C)n(-c2nc(CCNC(=O)c3cn(C)nn3)cs2)n1. The van der Waals surface area contributed by atoms with E-state index in [9.17, 15) is 4.79 Å². The van der Waals surface area contributed by atoms with Crippen molar-refractivity contribution in [2.45, 2.75) is 20.3 Å². The van der Waals surface area contributed by atoms with Crippen LogP contribution in [0.5, 0.6) is 0 Å². The van der Waals surface area contributed by atoms with E-state index in [0.717, 1.165) is 22.2 Å². The summed E-state index contributed by atoms with van der Waals surface area (Å²) in [6.07, 6.45) is 2.24. The summed E-state index contributed by atoms with van der Waals surface area (Å²) >= 11 is 1.54. The molecule has 0 atom stereocenters. The number of aromatic nitrogens is 6. The zero-order valence-corrected chi connectivity index (χ0v) is 14.0. The van der Waals surface area contributed by atoms with Gasteiger partial charge in [-0.05, 0) is 19.9 Å². The number of carbonyl (C=O) groups is 1. The van der Waals surface area contributed by atoms with Crippen molar-refractivity contribution in [3.8, 4) is 5.13 Å². The van der Waals surface area contributed by atoms with Crippen molar-refractivity contribution >= 4 is 17.2 Å². The third-order valence-electron chi connectivity index (χ3n) is 3.23. The first-order valence-corrected chi connectivity index (χ1v) is 8.03. The van der Waals surface area contributed by atoms with Gasteiger partial charge in [-0.2, -0.15) is 5.10 Å². The molecule has 3 rings (SSSR count). The maximum atomic E-state index is 11.9. The van der Waals surface area contributed by atoms with Gasteiger partial charge in [0.2, 0.25) is 5.13 Å². The fraction of sp³-hybridized carbons (Fsp3) is 0.357. The van der Waals surface area contributed by atoms with E-state index in [4.69, 9.17) is 0 Å². The summed E-state index contributed by atoms with van der Waals surface area (Å²) in [5, 5.41) is 17.6. The van der Waals surface area contributed by atoms with Gasteiger partial charge in [-0.15, -0.1) is 16.4 Å². The van der Waals surface area contributed by atoms with Crippen LogP contribution in [0.25, 0.3) is 5.13 Å². The fourth-order valence-corrected chi connectivity index (χ4v) is 3.04. The first-order chi connectivity index (χ1) is 11.0. The second-order valence-corrected chi connectivity index (χ2v) is 6.08. The zero-order chi connectivity index (χ0) is 16.4. The van der Waals surface area contributed by atoms with Crippen LogP contribution < -0.4 is 5.32 Å². The van der Waals surface area contributed by atoms with E-state index in [-0.39, 0.29) is 5.91 Å². The van der Waals surface area contributed by atoms with Crippen molar-refractivity contribution in [2.75, 3.05) is 6.54 Å². The summed E-state index contributed by atoms with van der Waals surface area (Å²) in [5.74, 6) is -0.230.